The predicted octanol–water partition coefficient (Wildman–Crippen LogP) is 4.23. The number of benzene rings is 1. The third-order valence-electron chi connectivity index (χ3n) is 3.09. The van der Waals surface area contributed by atoms with Crippen molar-refractivity contribution in [1.29, 1.82) is 0 Å². The zero-order chi connectivity index (χ0) is 14.7. The predicted molar refractivity (Wildman–Crippen MR) is 82.7 cm³/mol. The summed E-state index contributed by atoms with van der Waals surface area (Å²) in [5.41, 5.74) is 1.82. The van der Waals surface area contributed by atoms with Gasteiger partial charge in [0.2, 0.25) is 0 Å². The van der Waals surface area contributed by atoms with Crippen molar-refractivity contribution in [2.45, 2.75) is 37.9 Å². The highest BCUT2D eigenvalue weighted by atomic mass is 35.5. The number of aromatic nitrogens is 2. The van der Waals surface area contributed by atoms with Crippen LogP contribution in [0.4, 0.5) is 0 Å². The maximum Gasteiger partial charge on any atom is 0.313 e. The molecule has 0 saturated carbocycles. The Kier molecular flexibility index (Phi) is 4.94. The average molecular weight is 313 g/mol. The van der Waals surface area contributed by atoms with E-state index in [9.17, 15) is 4.79 Å². The van der Waals surface area contributed by atoms with Crippen LogP contribution in [0, 0.1) is 0 Å². The van der Waals surface area contributed by atoms with Crippen molar-refractivity contribution in [1.82, 2.24) is 9.55 Å². The number of nitrogens with zero attached hydrogens (tertiary/aromatic N) is 2. The van der Waals surface area contributed by atoms with Crippen LogP contribution in [0.3, 0.4) is 0 Å². The van der Waals surface area contributed by atoms with E-state index in [4.69, 9.17) is 16.7 Å². The van der Waals surface area contributed by atoms with Crippen LogP contribution in [0.2, 0.25) is 5.02 Å². The molecule has 1 heterocycles. The van der Waals surface area contributed by atoms with Gasteiger partial charge in [0.25, 0.3) is 0 Å². The number of rotatable bonds is 6. The summed E-state index contributed by atoms with van der Waals surface area (Å²) in [5.74, 6) is -0.828. The Balaban J connectivity index is 2.47. The van der Waals surface area contributed by atoms with Gasteiger partial charge in [-0.05, 0) is 31.5 Å². The van der Waals surface area contributed by atoms with E-state index < -0.39 is 5.97 Å². The van der Waals surface area contributed by atoms with Gasteiger partial charge in [-0.15, -0.1) is 0 Å². The summed E-state index contributed by atoms with van der Waals surface area (Å²) in [5, 5.41) is 10.2. The van der Waals surface area contributed by atoms with Crippen molar-refractivity contribution in [2.24, 2.45) is 0 Å². The molecule has 0 aliphatic heterocycles. The van der Waals surface area contributed by atoms with Crippen LogP contribution in [0.1, 0.15) is 32.7 Å². The molecule has 0 radical (unpaired) electrons. The lowest BCUT2D eigenvalue weighted by molar-refractivity contribution is -0.133. The van der Waals surface area contributed by atoms with Crippen LogP contribution in [0.5, 0.6) is 0 Å². The zero-order valence-electron chi connectivity index (χ0n) is 11.5. The molecule has 0 aliphatic rings. The van der Waals surface area contributed by atoms with Gasteiger partial charge < -0.3 is 9.67 Å². The van der Waals surface area contributed by atoms with Gasteiger partial charge in [-0.3, -0.25) is 4.79 Å². The number of carboxylic acids is 1. The van der Waals surface area contributed by atoms with E-state index in [0.29, 0.717) is 5.02 Å². The second-order valence-electron chi connectivity index (χ2n) is 4.72. The average Bonchev–Trinajstić information content (AvgIpc) is 2.74. The van der Waals surface area contributed by atoms with Crippen molar-refractivity contribution in [3.8, 4) is 0 Å². The maximum atomic E-state index is 10.8. The van der Waals surface area contributed by atoms with Crippen molar-refractivity contribution >= 4 is 40.4 Å². The summed E-state index contributed by atoms with van der Waals surface area (Å²) in [6.07, 6.45) is 2.09. The largest absolute Gasteiger partial charge is 0.481 e. The van der Waals surface area contributed by atoms with E-state index in [0.717, 1.165) is 29.0 Å². The Morgan fingerprint density at radius 2 is 2.30 bits per heavy atom. The van der Waals surface area contributed by atoms with Crippen LogP contribution in [-0.4, -0.2) is 26.4 Å². The van der Waals surface area contributed by atoms with E-state index in [1.54, 1.807) is 0 Å². The lowest BCUT2D eigenvalue weighted by Gasteiger charge is -2.16. The molecular weight excluding hydrogens is 296 g/mol. The van der Waals surface area contributed by atoms with Crippen molar-refractivity contribution in [3.05, 3.63) is 23.2 Å². The molecule has 6 heteroatoms. The van der Waals surface area contributed by atoms with Crippen LogP contribution < -0.4 is 0 Å². The van der Waals surface area contributed by atoms with Gasteiger partial charge in [-0.1, -0.05) is 36.7 Å². The van der Waals surface area contributed by atoms with Gasteiger partial charge >= 0.3 is 5.97 Å². The molecule has 1 N–H and O–H groups in total. The van der Waals surface area contributed by atoms with Crippen molar-refractivity contribution in [2.75, 3.05) is 5.75 Å². The van der Waals surface area contributed by atoms with Crippen LogP contribution in [0.15, 0.2) is 23.4 Å². The summed E-state index contributed by atoms with van der Waals surface area (Å²) in [4.78, 5) is 15.3. The Hall–Kier alpha value is -1.20. The quantitative estimate of drug-likeness (QED) is 0.811. The van der Waals surface area contributed by atoms with Crippen molar-refractivity contribution < 1.29 is 9.90 Å². The number of fused-ring (bicyclic) bond motifs is 1. The molecule has 1 aromatic carbocycles. The highest BCUT2D eigenvalue weighted by Crippen LogP contribution is 2.30. The molecule has 0 aliphatic carbocycles. The molecule has 2 aromatic rings. The van der Waals surface area contributed by atoms with Crippen LogP contribution in [-0.2, 0) is 4.79 Å². The molecule has 1 aromatic heterocycles. The lowest BCUT2D eigenvalue weighted by atomic mass is 10.2. The molecule has 2 rings (SSSR count). The fourth-order valence-corrected chi connectivity index (χ4v) is 3.25. The van der Waals surface area contributed by atoms with Gasteiger partial charge in [0.15, 0.2) is 5.16 Å². The number of thioether (sulfide) groups is 1. The first-order valence-electron chi connectivity index (χ1n) is 6.55. The molecule has 0 spiro atoms. The minimum absolute atomic E-state index is 0.00982. The molecule has 0 bridgehead atoms. The standard InChI is InChI=1S/C14H17ClN2O2S/c1-3-4-9(2)17-12-6-5-10(15)7-11(12)16-14(17)20-8-13(18)19/h5-7,9H,3-4,8H2,1-2H3,(H,18,19). The molecule has 1 unspecified atom stereocenters. The first-order valence-corrected chi connectivity index (χ1v) is 7.91. The molecule has 4 nitrogen and oxygen atoms in total. The van der Waals surface area contributed by atoms with Crippen LogP contribution >= 0.6 is 23.4 Å². The Morgan fingerprint density at radius 1 is 1.55 bits per heavy atom. The first kappa shape index (κ1) is 15.2. The monoisotopic (exact) mass is 312 g/mol. The van der Waals surface area contributed by atoms with E-state index in [-0.39, 0.29) is 11.8 Å². The molecule has 0 fully saturated rings. The summed E-state index contributed by atoms with van der Waals surface area (Å²) in [6.45, 7) is 4.26. The van der Waals surface area contributed by atoms with Gasteiger partial charge in [0.05, 0.1) is 16.8 Å². The number of carboxylic acid groups (broad SMARTS) is 1. The molecule has 0 saturated heterocycles. The van der Waals surface area contributed by atoms with E-state index >= 15 is 0 Å². The Bertz CT molecular complexity index is 627. The second-order valence-corrected chi connectivity index (χ2v) is 6.10. The highest BCUT2D eigenvalue weighted by Gasteiger charge is 2.17. The Labute approximate surface area is 127 Å². The zero-order valence-corrected chi connectivity index (χ0v) is 13.0. The third kappa shape index (κ3) is 3.27. The summed E-state index contributed by atoms with van der Waals surface area (Å²) < 4.78 is 2.11. The minimum atomic E-state index is -0.838. The topological polar surface area (TPSA) is 55.1 Å². The second kappa shape index (κ2) is 6.50. The Morgan fingerprint density at radius 3 is 2.95 bits per heavy atom. The molecule has 0 amide bonds. The van der Waals surface area contributed by atoms with E-state index in [1.807, 2.05) is 18.2 Å². The summed E-state index contributed by atoms with van der Waals surface area (Å²) >= 11 is 7.25. The molecule has 108 valence electrons. The van der Waals surface area contributed by atoms with E-state index in [1.165, 1.54) is 11.8 Å². The van der Waals surface area contributed by atoms with Gasteiger partial charge in [0.1, 0.15) is 0 Å². The third-order valence-corrected chi connectivity index (χ3v) is 4.26. The van der Waals surface area contributed by atoms with Crippen LogP contribution in [0.25, 0.3) is 11.0 Å². The SMILES string of the molecule is CCCC(C)n1c(SCC(=O)O)nc2cc(Cl)ccc21. The van der Waals surface area contributed by atoms with Gasteiger partial charge in [-0.25, -0.2) is 4.98 Å². The molecular formula is C14H17ClN2O2S. The smallest absolute Gasteiger partial charge is 0.313 e. The normalized spacial score (nSPS) is 12.8. The summed E-state index contributed by atoms with van der Waals surface area (Å²) in [7, 11) is 0. The lowest BCUT2D eigenvalue weighted by Crippen LogP contribution is -2.08. The molecule has 20 heavy (non-hydrogen) atoms. The van der Waals surface area contributed by atoms with Crippen molar-refractivity contribution in [3.63, 3.8) is 0 Å². The molecule has 1 atom stereocenters. The first-order chi connectivity index (χ1) is 9.52. The maximum absolute atomic E-state index is 10.8. The summed E-state index contributed by atoms with van der Waals surface area (Å²) in [6, 6.07) is 5.88. The van der Waals surface area contributed by atoms with E-state index in [2.05, 4.69) is 23.4 Å². The van der Waals surface area contributed by atoms with Gasteiger partial charge in [0, 0.05) is 11.1 Å². The van der Waals surface area contributed by atoms with Gasteiger partial charge in [-0.2, -0.15) is 0 Å². The fourth-order valence-electron chi connectivity index (χ4n) is 2.25. The number of imidazole rings is 1. The fraction of sp³-hybridized carbons (Fsp3) is 0.429. The number of aliphatic carboxylic acids is 1. The number of hydrogen-bond acceptors (Lipinski definition) is 3. The highest BCUT2D eigenvalue weighted by molar-refractivity contribution is 7.99. The number of halogens is 1. The number of hydrogen-bond donors (Lipinski definition) is 1. The number of carbonyl (C=O) groups is 1. The minimum Gasteiger partial charge on any atom is -0.481 e.